The number of aliphatic imine (C=N–C) groups is 1. The molecule has 1 aromatic carbocycles. The van der Waals surface area contributed by atoms with Crippen LogP contribution in [0.4, 0.5) is 0 Å². The van der Waals surface area contributed by atoms with E-state index in [1.165, 1.54) is 16.6 Å². The highest BCUT2D eigenvalue weighted by Crippen LogP contribution is 2.21. The van der Waals surface area contributed by atoms with Gasteiger partial charge in [-0.15, -0.1) is 0 Å². The van der Waals surface area contributed by atoms with Crippen molar-refractivity contribution in [1.29, 1.82) is 0 Å². The van der Waals surface area contributed by atoms with Crippen LogP contribution < -0.4 is 15.4 Å². The second kappa shape index (κ2) is 8.75. The van der Waals surface area contributed by atoms with E-state index in [1.54, 1.807) is 0 Å². The van der Waals surface area contributed by atoms with Gasteiger partial charge in [0, 0.05) is 35.2 Å². The van der Waals surface area contributed by atoms with Crippen LogP contribution in [-0.2, 0) is 16.4 Å². The van der Waals surface area contributed by atoms with Crippen molar-refractivity contribution in [3.05, 3.63) is 35.5 Å². The minimum atomic E-state index is -3.28. The van der Waals surface area contributed by atoms with Crippen molar-refractivity contribution in [3.63, 3.8) is 0 Å². The normalized spacial score (nSPS) is 13.1. The minimum Gasteiger partial charge on any atom is -0.358 e. The summed E-state index contributed by atoms with van der Waals surface area (Å²) >= 11 is 0. The van der Waals surface area contributed by atoms with Gasteiger partial charge in [-0.1, -0.05) is 18.2 Å². The second-order valence-corrected chi connectivity index (χ2v) is 9.15. The van der Waals surface area contributed by atoms with Crippen molar-refractivity contribution in [2.45, 2.75) is 39.7 Å². The summed E-state index contributed by atoms with van der Waals surface area (Å²) < 4.78 is 25.5. The lowest BCUT2D eigenvalue weighted by molar-refractivity contribution is 0.464. The van der Waals surface area contributed by atoms with E-state index in [4.69, 9.17) is 0 Å². The zero-order valence-electron chi connectivity index (χ0n) is 16.8. The SMILES string of the molecule is CCNC(=NCC(C)(C)NS(C)(=O)=O)NCCc1c(C)[nH]c2ccccc12. The minimum absolute atomic E-state index is 0.335. The highest BCUT2D eigenvalue weighted by atomic mass is 32.2. The van der Waals surface area contributed by atoms with Gasteiger partial charge < -0.3 is 15.6 Å². The fraction of sp³-hybridized carbons (Fsp3) is 0.526. The number of aromatic nitrogens is 1. The van der Waals surface area contributed by atoms with Crippen LogP contribution in [0.5, 0.6) is 0 Å². The molecular weight excluding hydrogens is 362 g/mol. The van der Waals surface area contributed by atoms with E-state index in [2.05, 4.69) is 50.5 Å². The number of para-hydroxylation sites is 1. The van der Waals surface area contributed by atoms with E-state index >= 15 is 0 Å². The van der Waals surface area contributed by atoms with Crippen LogP contribution in [0.1, 0.15) is 32.0 Å². The molecule has 4 N–H and O–H groups in total. The van der Waals surface area contributed by atoms with Crippen LogP contribution in [0, 0.1) is 6.92 Å². The number of aromatic amines is 1. The van der Waals surface area contributed by atoms with E-state index in [1.807, 2.05) is 26.8 Å². The molecule has 0 fully saturated rings. The summed E-state index contributed by atoms with van der Waals surface area (Å²) in [5, 5.41) is 7.79. The summed E-state index contributed by atoms with van der Waals surface area (Å²) in [6, 6.07) is 8.30. The van der Waals surface area contributed by atoms with Gasteiger partial charge in [0.25, 0.3) is 0 Å². The van der Waals surface area contributed by atoms with E-state index in [9.17, 15) is 8.42 Å². The molecule has 2 rings (SSSR count). The summed E-state index contributed by atoms with van der Waals surface area (Å²) in [7, 11) is -3.28. The number of sulfonamides is 1. The lowest BCUT2D eigenvalue weighted by Crippen LogP contribution is -2.47. The number of nitrogens with zero attached hydrogens (tertiary/aromatic N) is 1. The van der Waals surface area contributed by atoms with Gasteiger partial charge in [0.05, 0.1) is 12.8 Å². The van der Waals surface area contributed by atoms with Crippen molar-refractivity contribution in [2.75, 3.05) is 25.9 Å². The summed E-state index contributed by atoms with van der Waals surface area (Å²) in [5.41, 5.74) is 2.98. The summed E-state index contributed by atoms with van der Waals surface area (Å²) in [4.78, 5) is 7.95. The molecule has 0 aliphatic carbocycles. The summed E-state index contributed by atoms with van der Waals surface area (Å²) in [5.74, 6) is 0.679. The molecule has 0 amide bonds. The predicted octanol–water partition coefficient (Wildman–Crippen LogP) is 1.90. The zero-order chi connectivity index (χ0) is 20.1. The van der Waals surface area contributed by atoms with Gasteiger partial charge in [-0.05, 0) is 45.7 Å². The third-order valence-electron chi connectivity index (χ3n) is 4.13. The second-order valence-electron chi connectivity index (χ2n) is 7.40. The van der Waals surface area contributed by atoms with Crippen LogP contribution >= 0.6 is 0 Å². The molecule has 0 atom stereocenters. The maximum atomic E-state index is 11.5. The Hall–Kier alpha value is -2.06. The van der Waals surface area contributed by atoms with Crippen molar-refractivity contribution in [3.8, 4) is 0 Å². The molecule has 0 aliphatic rings. The molecule has 1 aromatic heterocycles. The van der Waals surface area contributed by atoms with Gasteiger partial charge in [0.2, 0.25) is 10.0 Å². The predicted molar refractivity (Wildman–Crippen MR) is 113 cm³/mol. The van der Waals surface area contributed by atoms with Crippen LogP contribution in [0.2, 0.25) is 0 Å². The quantitative estimate of drug-likeness (QED) is 0.407. The number of hydrogen-bond acceptors (Lipinski definition) is 3. The first kappa shape index (κ1) is 21.2. The van der Waals surface area contributed by atoms with Crippen LogP contribution in [0.15, 0.2) is 29.3 Å². The number of benzene rings is 1. The summed E-state index contributed by atoms with van der Waals surface area (Å²) in [6.07, 6.45) is 2.02. The van der Waals surface area contributed by atoms with E-state index in [-0.39, 0.29) is 0 Å². The molecule has 2 aromatic rings. The Morgan fingerprint density at radius 3 is 2.59 bits per heavy atom. The molecule has 0 aliphatic heterocycles. The van der Waals surface area contributed by atoms with Gasteiger partial charge in [-0.25, -0.2) is 13.1 Å². The lowest BCUT2D eigenvalue weighted by Gasteiger charge is -2.23. The van der Waals surface area contributed by atoms with Crippen LogP contribution in [0.25, 0.3) is 10.9 Å². The maximum Gasteiger partial charge on any atom is 0.209 e. The van der Waals surface area contributed by atoms with Gasteiger partial charge >= 0.3 is 0 Å². The fourth-order valence-electron chi connectivity index (χ4n) is 3.12. The summed E-state index contributed by atoms with van der Waals surface area (Å²) in [6.45, 7) is 9.52. The molecule has 0 spiro atoms. The Bertz CT molecular complexity index is 900. The van der Waals surface area contributed by atoms with E-state index in [0.29, 0.717) is 12.5 Å². The highest BCUT2D eigenvalue weighted by molar-refractivity contribution is 7.88. The number of guanidine groups is 1. The molecule has 27 heavy (non-hydrogen) atoms. The molecule has 150 valence electrons. The third kappa shape index (κ3) is 6.55. The van der Waals surface area contributed by atoms with Gasteiger partial charge in [0.1, 0.15) is 0 Å². The van der Waals surface area contributed by atoms with E-state index in [0.717, 1.165) is 31.3 Å². The number of rotatable bonds is 8. The molecule has 1 heterocycles. The molecule has 7 nitrogen and oxygen atoms in total. The number of hydrogen-bond donors (Lipinski definition) is 4. The smallest absolute Gasteiger partial charge is 0.209 e. The van der Waals surface area contributed by atoms with Gasteiger partial charge in [-0.3, -0.25) is 4.99 Å². The fourth-order valence-corrected chi connectivity index (χ4v) is 4.18. The van der Waals surface area contributed by atoms with Crippen molar-refractivity contribution >= 4 is 26.9 Å². The van der Waals surface area contributed by atoms with E-state index < -0.39 is 15.6 Å². The van der Waals surface area contributed by atoms with Crippen molar-refractivity contribution < 1.29 is 8.42 Å². The Balaban J connectivity index is 2.00. The standard InChI is InChI=1S/C19H31N5O2S/c1-6-20-18(22-13-19(3,4)24-27(5,25)26)21-12-11-15-14(2)23-17-10-8-7-9-16(15)17/h7-10,23-24H,6,11-13H2,1-5H3,(H2,20,21,22). The molecule has 8 heteroatoms. The highest BCUT2D eigenvalue weighted by Gasteiger charge is 2.21. The molecule has 0 saturated heterocycles. The zero-order valence-corrected chi connectivity index (χ0v) is 17.6. The number of fused-ring (bicyclic) bond motifs is 1. The van der Waals surface area contributed by atoms with Crippen LogP contribution in [-0.4, -0.2) is 50.8 Å². The Morgan fingerprint density at radius 1 is 1.22 bits per heavy atom. The molecular formula is C19H31N5O2S. The molecule has 0 saturated carbocycles. The maximum absolute atomic E-state index is 11.5. The molecule has 0 unspecified atom stereocenters. The largest absolute Gasteiger partial charge is 0.358 e. The average molecular weight is 394 g/mol. The number of H-pyrrole nitrogens is 1. The first-order chi connectivity index (χ1) is 12.6. The lowest BCUT2D eigenvalue weighted by atomic mass is 10.1. The average Bonchev–Trinajstić information content (AvgIpc) is 2.86. The Labute approximate surface area is 162 Å². The Kier molecular flexibility index (Phi) is 6.89. The van der Waals surface area contributed by atoms with Gasteiger partial charge in [0.15, 0.2) is 5.96 Å². The molecule has 0 bridgehead atoms. The number of nitrogens with one attached hydrogen (secondary N) is 4. The topological polar surface area (TPSA) is 98.4 Å². The number of aryl methyl sites for hydroxylation is 1. The third-order valence-corrected chi connectivity index (χ3v) is 5.06. The Morgan fingerprint density at radius 2 is 1.93 bits per heavy atom. The van der Waals surface area contributed by atoms with Gasteiger partial charge in [-0.2, -0.15) is 0 Å². The van der Waals surface area contributed by atoms with Crippen molar-refractivity contribution in [1.82, 2.24) is 20.3 Å². The van der Waals surface area contributed by atoms with Crippen LogP contribution in [0.3, 0.4) is 0 Å². The molecule has 0 radical (unpaired) electrons. The first-order valence-corrected chi connectivity index (χ1v) is 11.1. The van der Waals surface area contributed by atoms with Crippen molar-refractivity contribution in [2.24, 2.45) is 4.99 Å². The first-order valence-electron chi connectivity index (χ1n) is 9.18. The monoisotopic (exact) mass is 393 g/mol.